The molecule has 0 unspecified atom stereocenters. The molecule has 5 heteroatoms. The first-order chi connectivity index (χ1) is 9.22. The Morgan fingerprint density at radius 1 is 1.42 bits per heavy atom. The molecule has 0 amide bonds. The van der Waals surface area contributed by atoms with Crippen LogP contribution >= 0.6 is 11.8 Å². The molecule has 0 spiro atoms. The van der Waals surface area contributed by atoms with Gasteiger partial charge in [0.2, 0.25) is 0 Å². The fraction of sp³-hybridized carbons (Fsp3) is 0.357. The molecule has 0 aliphatic heterocycles. The van der Waals surface area contributed by atoms with E-state index in [9.17, 15) is 4.39 Å². The first kappa shape index (κ1) is 14.1. The van der Waals surface area contributed by atoms with Crippen LogP contribution in [0.4, 0.5) is 4.39 Å². The number of nitrogens with one attached hydrogen (secondary N) is 1. The topological polar surface area (TPSA) is 29.9 Å². The second-order valence-corrected chi connectivity index (χ2v) is 5.31. The van der Waals surface area contributed by atoms with Gasteiger partial charge in [0, 0.05) is 26.0 Å². The smallest absolute Gasteiger partial charge is 0.172 e. The fourth-order valence-corrected chi connectivity index (χ4v) is 2.69. The standard InChI is InChI=1S/C14H18FN3S/c1-3-7-16-10-11-5-4-6-12(15)13(11)19-14-17-8-9-18(14)2/h4-6,8-9,16H,3,7,10H2,1-2H3. The maximum atomic E-state index is 14.0. The lowest BCUT2D eigenvalue weighted by Gasteiger charge is -2.10. The highest BCUT2D eigenvalue weighted by Crippen LogP contribution is 2.31. The molecule has 1 heterocycles. The largest absolute Gasteiger partial charge is 0.329 e. The van der Waals surface area contributed by atoms with Gasteiger partial charge in [0.05, 0.1) is 4.90 Å². The van der Waals surface area contributed by atoms with E-state index in [1.54, 1.807) is 12.3 Å². The lowest BCUT2D eigenvalue weighted by Crippen LogP contribution is -2.14. The highest BCUT2D eigenvalue weighted by Gasteiger charge is 2.12. The minimum atomic E-state index is -0.191. The van der Waals surface area contributed by atoms with Gasteiger partial charge in [-0.05, 0) is 36.4 Å². The molecular weight excluding hydrogens is 261 g/mol. The predicted octanol–water partition coefficient (Wildman–Crippen LogP) is 3.21. The summed E-state index contributed by atoms with van der Waals surface area (Å²) in [7, 11) is 1.91. The van der Waals surface area contributed by atoms with E-state index in [2.05, 4.69) is 17.2 Å². The number of imidazole rings is 1. The van der Waals surface area contributed by atoms with Crippen molar-refractivity contribution in [2.24, 2.45) is 7.05 Å². The molecule has 0 aliphatic rings. The van der Waals surface area contributed by atoms with E-state index >= 15 is 0 Å². The molecule has 3 nitrogen and oxygen atoms in total. The van der Waals surface area contributed by atoms with Crippen molar-refractivity contribution >= 4 is 11.8 Å². The van der Waals surface area contributed by atoms with Crippen molar-refractivity contribution in [3.63, 3.8) is 0 Å². The van der Waals surface area contributed by atoms with Crippen molar-refractivity contribution in [1.29, 1.82) is 0 Å². The zero-order chi connectivity index (χ0) is 13.7. The van der Waals surface area contributed by atoms with Gasteiger partial charge in [0.15, 0.2) is 5.16 Å². The molecule has 0 fully saturated rings. The van der Waals surface area contributed by atoms with Gasteiger partial charge in [-0.25, -0.2) is 9.37 Å². The Hall–Kier alpha value is -1.33. The van der Waals surface area contributed by atoms with Gasteiger partial charge >= 0.3 is 0 Å². The van der Waals surface area contributed by atoms with Crippen LogP contribution in [-0.2, 0) is 13.6 Å². The number of hydrogen-bond donors (Lipinski definition) is 1. The lowest BCUT2D eigenvalue weighted by molar-refractivity contribution is 0.588. The molecule has 1 N–H and O–H groups in total. The minimum absolute atomic E-state index is 0.191. The number of hydrogen-bond acceptors (Lipinski definition) is 3. The van der Waals surface area contributed by atoms with Gasteiger partial charge in [-0.1, -0.05) is 19.1 Å². The van der Waals surface area contributed by atoms with Gasteiger partial charge in [-0.2, -0.15) is 0 Å². The van der Waals surface area contributed by atoms with Gasteiger partial charge < -0.3 is 9.88 Å². The summed E-state index contributed by atoms with van der Waals surface area (Å²) < 4.78 is 15.9. The Kier molecular flexibility index (Phi) is 4.99. The van der Waals surface area contributed by atoms with E-state index in [-0.39, 0.29) is 5.82 Å². The third-order valence-electron chi connectivity index (χ3n) is 2.76. The molecule has 0 atom stereocenters. The molecule has 2 aromatic rings. The van der Waals surface area contributed by atoms with Crippen LogP contribution in [-0.4, -0.2) is 16.1 Å². The maximum absolute atomic E-state index is 14.0. The van der Waals surface area contributed by atoms with Crippen molar-refractivity contribution in [2.75, 3.05) is 6.54 Å². The van der Waals surface area contributed by atoms with Crippen LogP contribution in [0.2, 0.25) is 0 Å². The molecule has 1 aromatic carbocycles. The molecule has 0 saturated heterocycles. The van der Waals surface area contributed by atoms with E-state index in [0.717, 1.165) is 23.7 Å². The van der Waals surface area contributed by atoms with E-state index < -0.39 is 0 Å². The highest BCUT2D eigenvalue weighted by atomic mass is 32.2. The van der Waals surface area contributed by atoms with Gasteiger partial charge in [-0.3, -0.25) is 0 Å². The van der Waals surface area contributed by atoms with Gasteiger partial charge in [0.1, 0.15) is 5.82 Å². The third kappa shape index (κ3) is 3.58. The average Bonchev–Trinajstić information content (AvgIpc) is 2.79. The van der Waals surface area contributed by atoms with Crippen molar-refractivity contribution in [3.8, 4) is 0 Å². The summed E-state index contributed by atoms with van der Waals surface area (Å²) in [6, 6.07) is 5.20. The van der Waals surface area contributed by atoms with Crippen LogP contribution in [0.15, 0.2) is 40.6 Å². The molecule has 0 saturated carbocycles. The molecule has 1 aromatic heterocycles. The van der Waals surface area contributed by atoms with Gasteiger partial charge in [0.25, 0.3) is 0 Å². The van der Waals surface area contributed by atoms with Crippen LogP contribution in [0.3, 0.4) is 0 Å². The van der Waals surface area contributed by atoms with Crippen LogP contribution in [0, 0.1) is 5.82 Å². The minimum Gasteiger partial charge on any atom is -0.329 e. The van der Waals surface area contributed by atoms with E-state index in [1.165, 1.54) is 17.8 Å². The first-order valence-electron chi connectivity index (χ1n) is 6.35. The first-order valence-corrected chi connectivity index (χ1v) is 7.17. The summed E-state index contributed by atoms with van der Waals surface area (Å²) >= 11 is 1.37. The van der Waals surface area contributed by atoms with Crippen LogP contribution < -0.4 is 5.32 Å². The summed E-state index contributed by atoms with van der Waals surface area (Å²) in [5.41, 5.74) is 0.974. The monoisotopic (exact) mass is 279 g/mol. The molecule has 0 bridgehead atoms. The molecule has 102 valence electrons. The Bertz CT molecular complexity index is 539. The second-order valence-electron chi connectivity index (χ2n) is 4.33. The summed E-state index contributed by atoms with van der Waals surface area (Å²) in [6.07, 6.45) is 4.65. The lowest BCUT2D eigenvalue weighted by atomic mass is 10.2. The number of nitrogens with zero attached hydrogens (tertiary/aromatic N) is 2. The summed E-state index contributed by atoms with van der Waals surface area (Å²) in [5.74, 6) is -0.191. The normalized spacial score (nSPS) is 10.9. The number of aryl methyl sites for hydroxylation is 1. The maximum Gasteiger partial charge on any atom is 0.172 e. The highest BCUT2D eigenvalue weighted by molar-refractivity contribution is 7.99. The van der Waals surface area contributed by atoms with E-state index in [0.29, 0.717) is 11.4 Å². The Morgan fingerprint density at radius 2 is 2.26 bits per heavy atom. The van der Waals surface area contributed by atoms with E-state index in [4.69, 9.17) is 0 Å². The van der Waals surface area contributed by atoms with E-state index in [1.807, 2.05) is 23.9 Å². The SMILES string of the molecule is CCCNCc1cccc(F)c1Sc1nccn1C. The fourth-order valence-electron chi connectivity index (χ4n) is 1.75. The van der Waals surface area contributed by atoms with Crippen molar-refractivity contribution < 1.29 is 4.39 Å². The zero-order valence-corrected chi connectivity index (χ0v) is 12.0. The number of rotatable bonds is 6. The second kappa shape index (κ2) is 6.73. The zero-order valence-electron chi connectivity index (χ0n) is 11.2. The molecule has 0 aliphatic carbocycles. The Morgan fingerprint density at radius 3 is 2.95 bits per heavy atom. The van der Waals surface area contributed by atoms with Crippen molar-refractivity contribution in [3.05, 3.63) is 42.0 Å². The van der Waals surface area contributed by atoms with Crippen molar-refractivity contribution in [2.45, 2.75) is 29.9 Å². The Balaban J connectivity index is 2.20. The molecule has 2 rings (SSSR count). The summed E-state index contributed by atoms with van der Waals surface area (Å²) in [4.78, 5) is 4.88. The number of aromatic nitrogens is 2. The van der Waals surface area contributed by atoms with Crippen LogP contribution in [0.5, 0.6) is 0 Å². The molecule has 0 radical (unpaired) electrons. The third-order valence-corrected chi connectivity index (χ3v) is 4.00. The van der Waals surface area contributed by atoms with Gasteiger partial charge in [-0.15, -0.1) is 0 Å². The number of halogens is 1. The summed E-state index contributed by atoms with van der Waals surface area (Å²) in [6.45, 7) is 3.73. The Labute approximate surface area is 117 Å². The average molecular weight is 279 g/mol. The quantitative estimate of drug-likeness (QED) is 0.823. The molecular formula is C14H18FN3S. The van der Waals surface area contributed by atoms with Crippen LogP contribution in [0.1, 0.15) is 18.9 Å². The summed E-state index contributed by atoms with van der Waals surface area (Å²) in [5, 5.41) is 4.10. The molecule has 19 heavy (non-hydrogen) atoms. The predicted molar refractivity (Wildman–Crippen MR) is 75.7 cm³/mol. The van der Waals surface area contributed by atoms with Crippen molar-refractivity contribution in [1.82, 2.24) is 14.9 Å². The number of benzene rings is 1. The van der Waals surface area contributed by atoms with Crippen LogP contribution in [0.25, 0.3) is 0 Å².